The summed E-state index contributed by atoms with van der Waals surface area (Å²) in [7, 11) is 1.74. The van der Waals surface area contributed by atoms with Crippen molar-refractivity contribution in [2.75, 3.05) is 11.9 Å². The highest BCUT2D eigenvalue weighted by atomic mass is 16.2. The van der Waals surface area contributed by atoms with E-state index in [0.717, 1.165) is 5.69 Å². The maximum Gasteiger partial charge on any atom is 0.246 e. The van der Waals surface area contributed by atoms with Gasteiger partial charge in [0.05, 0.1) is 5.54 Å². The van der Waals surface area contributed by atoms with Crippen molar-refractivity contribution in [3.8, 4) is 0 Å². The van der Waals surface area contributed by atoms with Crippen LogP contribution in [0.4, 0.5) is 5.69 Å². The van der Waals surface area contributed by atoms with Gasteiger partial charge in [-0.15, -0.1) is 0 Å². The third-order valence-electron chi connectivity index (χ3n) is 3.04. The molecule has 0 aliphatic rings. The minimum atomic E-state index is -0.766. The Morgan fingerprint density at radius 3 is 2.31 bits per heavy atom. The van der Waals surface area contributed by atoms with Gasteiger partial charge in [0.15, 0.2) is 0 Å². The number of pyridine rings is 1. The summed E-state index contributed by atoms with van der Waals surface area (Å²) < 4.78 is 0. The maximum absolute atomic E-state index is 12.2. The van der Waals surface area contributed by atoms with Crippen LogP contribution in [0.2, 0.25) is 0 Å². The second kappa shape index (κ2) is 5.07. The van der Waals surface area contributed by atoms with Crippen molar-refractivity contribution in [2.24, 2.45) is 5.73 Å². The number of hydrogen-bond donors (Lipinski definition) is 1. The minimum Gasteiger partial charge on any atom is -0.317 e. The lowest BCUT2D eigenvalue weighted by Gasteiger charge is -2.30. The number of nitrogens with zero attached hydrogens (tertiary/aromatic N) is 2. The van der Waals surface area contributed by atoms with Gasteiger partial charge < -0.3 is 10.6 Å². The van der Waals surface area contributed by atoms with Crippen LogP contribution in [0.15, 0.2) is 24.5 Å². The van der Waals surface area contributed by atoms with Crippen LogP contribution in [0.5, 0.6) is 0 Å². The molecule has 88 valence electrons. The molecule has 0 aliphatic carbocycles. The van der Waals surface area contributed by atoms with Crippen molar-refractivity contribution in [2.45, 2.75) is 32.2 Å². The molecule has 0 aliphatic heterocycles. The van der Waals surface area contributed by atoms with Gasteiger partial charge in [-0.25, -0.2) is 0 Å². The molecule has 1 amide bonds. The van der Waals surface area contributed by atoms with Crippen molar-refractivity contribution >= 4 is 11.6 Å². The van der Waals surface area contributed by atoms with E-state index in [1.165, 1.54) is 0 Å². The van der Waals surface area contributed by atoms with Crippen LogP contribution in [0.1, 0.15) is 26.7 Å². The predicted octanol–water partition coefficient (Wildman–Crippen LogP) is 1.56. The first-order valence-corrected chi connectivity index (χ1v) is 5.52. The van der Waals surface area contributed by atoms with E-state index >= 15 is 0 Å². The van der Waals surface area contributed by atoms with Crippen LogP contribution in [0, 0.1) is 0 Å². The molecule has 0 radical (unpaired) electrons. The highest BCUT2D eigenvalue weighted by molar-refractivity contribution is 5.99. The molecule has 1 aromatic rings. The monoisotopic (exact) mass is 221 g/mol. The predicted molar refractivity (Wildman–Crippen MR) is 65.1 cm³/mol. The lowest BCUT2D eigenvalue weighted by atomic mass is 9.92. The van der Waals surface area contributed by atoms with Gasteiger partial charge in [0.1, 0.15) is 0 Å². The van der Waals surface area contributed by atoms with Crippen LogP contribution in [0.25, 0.3) is 0 Å². The Morgan fingerprint density at radius 1 is 1.38 bits per heavy atom. The Hall–Kier alpha value is -1.42. The van der Waals surface area contributed by atoms with E-state index in [1.807, 2.05) is 13.8 Å². The molecule has 4 heteroatoms. The summed E-state index contributed by atoms with van der Waals surface area (Å²) in [5.74, 6) is -0.0521. The quantitative estimate of drug-likeness (QED) is 0.839. The maximum atomic E-state index is 12.2. The van der Waals surface area contributed by atoms with Gasteiger partial charge in [-0.05, 0) is 25.0 Å². The van der Waals surface area contributed by atoms with Gasteiger partial charge >= 0.3 is 0 Å². The molecule has 1 heterocycles. The highest BCUT2D eigenvalue weighted by Gasteiger charge is 2.32. The number of nitrogens with two attached hydrogens (primary N) is 1. The average Bonchev–Trinajstić information content (AvgIpc) is 2.37. The molecule has 0 saturated carbocycles. The number of aromatic nitrogens is 1. The Bertz CT molecular complexity index is 347. The number of anilines is 1. The largest absolute Gasteiger partial charge is 0.317 e. The lowest BCUT2D eigenvalue weighted by molar-refractivity contribution is -0.123. The van der Waals surface area contributed by atoms with E-state index in [2.05, 4.69) is 4.98 Å². The zero-order valence-electron chi connectivity index (χ0n) is 10.1. The Morgan fingerprint density at radius 2 is 1.88 bits per heavy atom. The molecule has 0 saturated heterocycles. The van der Waals surface area contributed by atoms with Crippen LogP contribution >= 0.6 is 0 Å². The number of carbonyl (C=O) groups excluding carboxylic acids is 1. The minimum absolute atomic E-state index is 0.0521. The summed E-state index contributed by atoms with van der Waals surface area (Å²) in [5, 5.41) is 0. The molecule has 0 bridgehead atoms. The summed E-state index contributed by atoms with van der Waals surface area (Å²) in [4.78, 5) is 17.7. The first-order chi connectivity index (χ1) is 7.55. The fourth-order valence-electron chi connectivity index (χ4n) is 1.57. The van der Waals surface area contributed by atoms with Gasteiger partial charge in [-0.3, -0.25) is 9.78 Å². The van der Waals surface area contributed by atoms with Gasteiger partial charge in [0.2, 0.25) is 5.91 Å². The second-order valence-electron chi connectivity index (χ2n) is 3.93. The van der Waals surface area contributed by atoms with Gasteiger partial charge in [0.25, 0.3) is 0 Å². The van der Waals surface area contributed by atoms with Crippen molar-refractivity contribution in [1.82, 2.24) is 4.98 Å². The molecule has 0 spiro atoms. The van der Waals surface area contributed by atoms with Gasteiger partial charge in [-0.1, -0.05) is 13.8 Å². The number of amides is 1. The van der Waals surface area contributed by atoms with E-state index in [4.69, 9.17) is 5.73 Å². The third kappa shape index (κ3) is 2.39. The molecule has 0 aromatic carbocycles. The second-order valence-corrected chi connectivity index (χ2v) is 3.93. The van der Waals surface area contributed by atoms with Crippen LogP contribution in [-0.2, 0) is 4.79 Å². The first kappa shape index (κ1) is 12.6. The van der Waals surface area contributed by atoms with Crippen LogP contribution in [0.3, 0.4) is 0 Å². The fraction of sp³-hybridized carbons (Fsp3) is 0.500. The smallest absolute Gasteiger partial charge is 0.246 e. The van der Waals surface area contributed by atoms with E-state index in [0.29, 0.717) is 12.8 Å². The molecule has 0 atom stereocenters. The zero-order chi connectivity index (χ0) is 12.2. The van der Waals surface area contributed by atoms with Gasteiger partial charge in [-0.2, -0.15) is 0 Å². The Kier molecular flexibility index (Phi) is 4.01. The Labute approximate surface area is 96.5 Å². The van der Waals surface area contributed by atoms with Gasteiger partial charge in [0, 0.05) is 25.1 Å². The first-order valence-electron chi connectivity index (χ1n) is 5.52. The van der Waals surface area contributed by atoms with E-state index < -0.39 is 5.54 Å². The normalized spacial score (nSPS) is 11.2. The van der Waals surface area contributed by atoms with E-state index in [9.17, 15) is 4.79 Å². The Balaban J connectivity index is 2.90. The molecule has 4 nitrogen and oxygen atoms in total. The highest BCUT2D eigenvalue weighted by Crippen LogP contribution is 2.19. The number of hydrogen-bond acceptors (Lipinski definition) is 3. The SMILES string of the molecule is CCC(N)(CC)C(=O)N(C)c1ccncc1. The van der Waals surface area contributed by atoms with E-state index in [1.54, 1.807) is 36.5 Å². The fourth-order valence-corrected chi connectivity index (χ4v) is 1.57. The molecule has 0 fully saturated rings. The number of likely N-dealkylation sites (N-methyl/N-ethyl adjacent to an activating group) is 1. The molecule has 0 unspecified atom stereocenters. The van der Waals surface area contributed by atoms with Crippen molar-refractivity contribution in [3.05, 3.63) is 24.5 Å². The topological polar surface area (TPSA) is 59.2 Å². The molecule has 16 heavy (non-hydrogen) atoms. The third-order valence-corrected chi connectivity index (χ3v) is 3.04. The average molecular weight is 221 g/mol. The van der Waals surface area contributed by atoms with E-state index in [-0.39, 0.29) is 5.91 Å². The summed E-state index contributed by atoms with van der Waals surface area (Å²) >= 11 is 0. The molecular formula is C12H19N3O. The van der Waals surface area contributed by atoms with Crippen molar-refractivity contribution < 1.29 is 4.79 Å². The number of rotatable bonds is 4. The summed E-state index contributed by atoms with van der Waals surface area (Å²) in [6, 6.07) is 3.59. The lowest BCUT2D eigenvalue weighted by Crippen LogP contribution is -2.53. The molecular weight excluding hydrogens is 202 g/mol. The number of carbonyl (C=O) groups is 1. The molecule has 1 aromatic heterocycles. The summed E-state index contributed by atoms with van der Waals surface area (Å²) in [6.07, 6.45) is 4.60. The molecule has 1 rings (SSSR count). The van der Waals surface area contributed by atoms with Crippen LogP contribution < -0.4 is 10.6 Å². The zero-order valence-corrected chi connectivity index (χ0v) is 10.1. The molecule has 2 N–H and O–H groups in total. The van der Waals surface area contributed by atoms with Crippen LogP contribution in [-0.4, -0.2) is 23.5 Å². The van der Waals surface area contributed by atoms with Crippen molar-refractivity contribution in [3.63, 3.8) is 0 Å². The van der Waals surface area contributed by atoms with Crippen molar-refractivity contribution in [1.29, 1.82) is 0 Å². The summed E-state index contributed by atoms with van der Waals surface area (Å²) in [6.45, 7) is 3.86. The summed E-state index contributed by atoms with van der Waals surface area (Å²) in [5.41, 5.74) is 6.12. The standard InChI is InChI=1S/C12H19N3O/c1-4-12(13,5-2)11(16)15(3)10-6-8-14-9-7-10/h6-9H,4-5,13H2,1-3H3.